The van der Waals surface area contributed by atoms with Gasteiger partial charge in [0.15, 0.2) is 0 Å². The summed E-state index contributed by atoms with van der Waals surface area (Å²) >= 11 is 1.44. The van der Waals surface area contributed by atoms with Crippen LogP contribution in [0.25, 0.3) is 16.9 Å². The molecule has 1 aliphatic rings. The largest absolute Gasteiger partial charge is 0.365 e. The number of nitrogens with zero attached hydrogens (tertiary/aromatic N) is 2. The summed E-state index contributed by atoms with van der Waals surface area (Å²) in [5.41, 5.74) is 11.4. The number of rotatable bonds is 5. The zero-order valence-electron chi connectivity index (χ0n) is 19.1. The number of carbonyl (C=O) groups excluding carboxylic acids is 2. The molecular weight excluding hydrogens is 451 g/mol. The highest BCUT2D eigenvalue weighted by molar-refractivity contribution is 7.17. The molecule has 5 rings (SSSR count). The summed E-state index contributed by atoms with van der Waals surface area (Å²) in [5, 5.41) is 3.47. The third-order valence-corrected chi connectivity index (χ3v) is 7.50. The average molecular weight is 477 g/mol. The number of hydrogen-bond acceptors (Lipinski definition) is 4. The number of benzene rings is 1. The van der Waals surface area contributed by atoms with Crippen LogP contribution in [0.4, 0.5) is 9.39 Å². The predicted octanol–water partition coefficient (Wildman–Crippen LogP) is 4.98. The molecule has 1 aromatic carbocycles. The van der Waals surface area contributed by atoms with Crippen molar-refractivity contribution in [1.82, 2.24) is 9.38 Å². The van der Waals surface area contributed by atoms with Crippen molar-refractivity contribution in [3.8, 4) is 11.3 Å². The van der Waals surface area contributed by atoms with Gasteiger partial charge in [-0.1, -0.05) is 6.07 Å². The predicted molar refractivity (Wildman–Crippen MR) is 132 cm³/mol. The fraction of sp³-hybridized carbons (Fsp3) is 0.269. The SMILES string of the molecule is Cc1ccc2nc(-c3ccc(F)c(C)c3)c(CC(=O)Nc3sc4c(c3C(N)=O)CCCC4)n2c1. The van der Waals surface area contributed by atoms with Crippen LogP contribution in [0.3, 0.4) is 0 Å². The number of amides is 2. The van der Waals surface area contributed by atoms with E-state index in [0.717, 1.165) is 47.3 Å². The van der Waals surface area contributed by atoms with Crippen LogP contribution in [-0.2, 0) is 24.1 Å². The second-order valence-corrected chi connectivity index (χ2v) is 9.92. The topological polar surface area (TPSA) is 89.5 Å². The van der Waals surface area contributed by atoms with Crippen LogP contribution in [0.1, 0.15) is 50.5 Å². The van der Waals surface area contributed by atoms with Gasteiger partial charge in [0.2, 0.25) is 5.91 Å². The van der Waals surface area contributed by atoms with E-state index in [4.69, 9.17) is 10.7 Å². The number of nitrogens with two attached hydrogens (primary N) is 1. The standard InChI is InChI=1S/C26H25FN4O2S/c1-14-7-10-21-29-24(16-8-9-18(27)15(2)11-16)19(31(21)13-14)12-22(32)30-26-23(25(28)33)17-5-3-4-6-20(17)34-26/h7-11,13H,3-6,12H2,1-2H3,(H2,28,33)(H,30,32). The smallest absolute Gasteiger partial charge is 0.251 e. The number of halogens is 1. The van der Waals surface area contributed by atoms with Crippen LogP contribution in [0, 0.1) is 19.7 Å². The first-order valence-electron chi connectivity index (χ1n) is 11.3. The van der Waals surface area contributed by atoms with Crippen molar-refractivity contribution in [3.63, 3.8) is 0 Å². The van der Waals surface area contributed by atoms with E-state index in [1.165, 1.54) is 17.4 Å². The van der Waals surface area contributed by atoms with Gasteiger partial charge in [0.25, 0.3) is 5.91 Å². The number of nitrogens with one attached hydrogen (secondary N) is 1. The average Bonchev–Trinajstić information content (AvgIpc) is 3.33. The normalized spacial score (nSPS) is 13.1. The van der Waals surface area contributed by atoms with Crippen LogP contribution >= 0.6 is 11.3 Å². The molecule has 0 fully saturated rings. The highest BCUT2D eigenvalue weighted by Crippen LogP contribution is 2.38. The number of aryl methyl sites for hydroxylation is 3. The van der Waals surface area contributed by atoms with Gasteiger partial charge < -0.3 is 15.5 Å². The van der Waals surface area contributed by atoms with E-state index in [-0.39, 0.29) is 18.1 Å². The summed E-state index contributed by atoms with van der Waals surface area (Å²) in [7, 11) is 0. The van der Waals surface area contributed by atoms with Gasteiger partial charge in [0, 0.05) is 16.6 Å². The maximum Gasteiger partial charge on any atom is 0.251 e. The molecule has 174 valence electrons. The Morgan fingerprint density at radius 2 is 1.97 bits per heavy atom. The molecule has 2 amide bonds. The number of aromatic nitrogens is 2. The molecular formula is C26H25FN4O2S. The van der Waals surface area contributed by atoms with Gasteiger partial charge >= 0.3 is 0 Å². The Morgan fingerprint density at radius 1 is 1.18 bits per heavy atom. The Balaban J connectivity index is 1.53. The summed E-state index contributed by atoms with van der Waals surface area (Å²) in [6, 6.07) is 8.69. The molecule has 0 aliphatic heterocycles. The number of fused-ring (bicyclic) bond motifs is 2. The minimum atomic E-state index is -0.511. The maximum absolute atomic E-state index is 13.9. The molecule has 8 heteroatoms. The Labute approximate surface area is 200 Å². The molecule has 34 heavy (non-hydrogen) atoms. The summed E-state index contributed by atoms with van der Waals surface area (Å²) < 4.78 is 15.8. The zero-order valence-corrected chi connectivity index (χ0v) is 19.9. The van der Waals surface area contributed by atoms with Crippen LogP contribution in [0.15, 0.2) is 36.5 Å². The van der Waals surface area contributed by atoms with Gasteiger partial charge in [0.05, 0.1) is 23.4 Å². The number of primary amides is 1. The lowest BCUT2D eigenvalue weighted by Gasteiger charge is -2.11. The zero-order chi connectivity index (χ0) is 24.0. The number of thiophene rings is 1. The molecule has 0 spiro atoms. The molecule has 0 atom stereocenters. The molecule has 0 unspecified atom stereocenters. The lowest BCUT2D eigenvalue weighted by atomic mass is 9.95. The minimum Gasteiger partial charge on any atom is -0.365 e. The van der Waals surface area contributed by atoms with E-state index in [2.05, 4.69) is 5.32 Å². The molecule has 3 heterocycles. The van der Waals surface area contributed by atoms with Crippen LogP contribution in [0.2, 0.25) is 0 Å². The van der Waals surface area contributed by atoms with E-state index < -0.39 is 5.91 Å². The van der Waals surface area contributed by atoms with E-state index in [9.17, 15) is 14.0 Å². The molecule has 3 N–H and O–H groups in total. The van der Waals surface area contributed by atoms with Gasteiger partial charge in [-0.3, -0.25) is 9.59 Å². The van der Waals surface area contributed by atoms with Crippen molar-refractivity contribution in [2.75, 3.05) is 5.32 Å². The first-order chi connectivity index (χ1) is 16.3. The highest BCUT2D eigenvalue weighted by Gasteiger charge is 2.26. The summed E-state index contributed by atoms with van der Waals surface area (Å²) in [6.07, 6.45) is 5.76. The highest BCUT2D eigenvalue weighted by atomic mass is 32.1. The second kappa shape index (κ2) is 8.68. The van der Waals surface area contributed by atoms with Gasteiger partial charge in [-0.15, -0.1) is 11.3 Å². The fourth-order valence-corrected chi connectivity index (χ4v) is 5.94. The number of imidazole rings is 1. The lowest BCUT2D eigenvalue weighted by Crippen LogP contribution is -2.20. The van der Waals surface area contributed by atoms with Gasteiger partial charge in [-0.05, 0) is 80.5 Å². The van der Waals surface area contributed by atoms with E-state index in [1.54, 1.807) is 19.1 Å². The van der Waals surface area contributed by atoms with Gasteiger partial charge in [-0.25, -0.2) is 9.37 Å². The first kappa shape index (κ1) is 22.3. The molecule has 0 saturated carbocycles. The molecule has 0 radical (unpaired) electrons. The Kier molecular flexibility index (Phi) is 5.69. The molecule has 4 aromatic rings. The van der Waals surface area contributed by atoms with E-state index in [1.807, 2.05) is 29.7 Å². The quantitative estimate of drug-likeness (QED) is 0.426. The third kappa shape index (κ3) is 3.98. The molecule has 1 aliphatic carbocycles. The second-order valence-electron chi connectivity index (χ2n) is 8.81. The number of anilines is 1. The molecule has 6 nitrogen and oxygen atoms in total. The Bertz CT molecular complexity index is 1450. The van der Waals surface area contributed by atoms with Crippen molar-refractivity contribution >= 4 is 33.8 Å². The molecule has 0 saturated heterocycles. The number of pyridine rings is 1. The fourth-order valence-electron chi connectivity index (χ4n) is 4.63. The Hall–Kier alpha value is -3.52. The van der Waals surface area contributed by atoms with Gasteiger partial charge in [0.1, 0.15) is 16.5 Å². The van der Waals surface area contributed by atoms with Crippen molar-refractivity contribution in [2.24, 2.45) is 5.73 Å². The number of hydrogen-bond donors (Lipinski definition) is 2. The first-order valence-corrected chi connectivity index (χ1v) is 12.1. The van der Waals surface area contributed by atoms with Crippen LogP contribution in [-0.4, -0.2) is 21.2 Å². The van der Waals surface area contributed by atoms with Crippen molar-refractivity contribution in [2.45, 2.75) is 46.0 Å². The summed E-state index contributed by atoms with van der Waals surface area (Å²) in [4.78, 5) is 31.3. The van der Waals surface area contributed by atoms with E-state index in [0.29, 0.717) is 33.2 Å². The van der Waals surface area contributed by atoms with Crippen molar-refractivity contribution in [1.29, 1.82) is 0 Å². The molecule has 3 aromatic heterocycles. The Morgan fingerprint density at radius 3 is 2.74 bits per heavy atom. The van der Waals surface area contributed by atoms with Crippen molar-refractivity contribution in [3.05, 3.63) is 75.2 Å². The minimum absolute atomic E-state index is 0.0388. The van der Waals surface area contributed by atoms with E-state index >= 15 is 0 Å². The van der Waals surface area contributed by atoms with Crippen LogP contribution < -0.4 is 11.1 Å². The van der Waals surface area contributed by atoms with Crippen molar-refractivity contribution < 1.29 is 14.0 Å². The molecule has 0 bridgehead atoms. The maximum atomic E-state index is 13.9. The monoisotopic (exact) mass is 476 g/mol. The third-order valence-electron chi connectivity index (χ3n) is 6.30. The van der Waals surface area contributed by atoms with Gasteiger partial charge in [-0.2, -0.15) is 0 Å². The summed E-state index contributed by atoms with van der Waals surface area (Å²) in [5.74, 6) is -1.06. The van der Waals surface area contributed by atoms with Crippen LogP contribution in [0.5, 0.6) is 0 Å². The number of carbonyl (C=O) groups is 2. The summed E-state index contributed by atoms with van der Waals surface area (Å²) in [6.45, 7) is 3.68. The lowest BCUT2D eigenvalue weighted by molar-refractivity contribution is -0.115.